The van der Waals surface area contributed by atoms with Crippen molar-refractivity contribution in [2.45, 2.75) is 27.7 Å². The number of anilines is 1. The van der Waals surface area contributed by atoms with Gasteiger partial charge in [-0.3, -0.25) is 4.79 Å². The van der Waals surface area contributed by atoms with Gasteiger partial charge < -0.3 is 9.73 Å². The predicted molar refractivity (Wildman–Crippen MR) is 113 cm³/mol. The van der Waals surface area contributed by atoms with Gasteiger partial charge in [-0.25, -0.2) is 4.98 Å². The minimum Gasteiger partial charge on any atom is -0.436 e. The van der Waals surface area contributed by atoms with E-state index in [2.05, 4.69) is 16.4 Å². The molecule has 4 aromatic rings. The summed E-state index contributed by atoms with van der Waals surface area (Å²) in [7, 11) is 0. The van der Waals surface area contributed by atoms with Gasteiger partial charge in [0.1, 0.15) is 5.52 Å². The number of hydrogen-bond acceptors (Lipinski definition) is 3. The molecule has 1 heterocycles. The van der Waals surface area contributed by atoms with Crippen molar-refractivity contribution in [1.82, 2.24) is 4.98 Å². The second kappa shape index (κ2) is 6.97. The minimum atomic E-state index is -0.113. The Labute approximate surface area is 164 Å². The lowest BCUT2D eigenvalue weighted by atomic mass is 10.1. The van der Waals surface area contributed by atoms with Crippen LogP contribution in [0.15, 0.2) is 59.0 Å². The number of aryl methyl sites for hydroxylation is 4. The fourth-order valence-corrected chi connectivity index (χ4v) is 3.46. The van der Waals surface area contributed by atoms with Crippen molar-refractivity contribution in [2.75, 3.05) is 5.32 Å². The molecule has 0 aliphatic carbocycles. The Morgan fingerprint density at radius 1 is 0.857 bits per heavy atom. The van der Waals surface area contributed by atoms with E-state index >= 15 is 0 Å². The van der Waals surface area contributed by atoms with E-state index in [9.17, 15) is 4.79 Å². The summed E-state index contributed by atoms with van der Waals surface area (Å²) in [6.45, 7) is 8.04. The van der Waals surface area contributed by atoms with Gasteiger partial charge in [-0.2, -0.15) is 0 Å². The first-order chi connectivity index (χ1) is 13.4. The van der Waals surface area contributed by atoms with E-state index in [-0.39, 0.29) is 5.91 Å². The largest absolute Gasteiger partial charge is 0.436 e. The van der Waals surface area contributed by atoms with Crippen molar-refractivity contribution < 1.29 is 9.21 Å². The van der Waals surface area contributed by atoms with Crippen LogP contribution in [-0.2, 0) is 0 Å². The molecule has 4 heteroatoms. The van der Waals surface area contributed by atoms with Gasteiger partial charge in [-0.15, -0.1) is 0 Å². The molecule has 0 aliphatic heterocycles. The van der Waals surface area contributed by atoms with Crippen LogP contribution in [-0.4, -0.2) is 10.9 Å². The molecular formula is C24H22N2O2. The fraction of sp³-hybridized carbons (Fsp3) is 0.167. The van der Waals surface area contributed by atoms with Gasteiger partial charge in [-0.05, 0) is 80.8 Å². The normalized spacial score (nSPS) is 11.0. The lowest BCUT2D eigenvalue weighted by Crippen LogP contribution is -2.13. The first-order valence-corrected chi connectivity index (χ1v) is 9.27. The summed E-state index contributed by atoms with van der Waals surface area (Å²) in [6.07, 6.45) is 0. The second-order valence-electron chi connectivity index (χ2n) is 7.30. The zero-order valence-corrected chi connectivity index (χ0v) is 16.5. The third-order valence-corrected chi connectivity index (χ3v) is 4.84. The van der Waals surface area contributed by atoms with Crippen LogP contribution in [0.25, 0.3) is 22.6 Å². The van der Waals surface area contributed by atoms with Gasteiger partial charge in [-0.1, -0.05) is 23.8 Å². The van der Waals surface area contributed by atoms with Crippen LogP contribution < -0.4 is 5.32 Å². The summed E-state index contributed by atoms with van der Waals surface area (Å²) in [5.41, 5.74) is 8.30. The maximum absolute atomic E-state index is 12.5. The van der Waals surface area contributed by atoms with E-state index < -0.39 is 0 Å². The van der Waals surface area contributed by atoms with Gasteiger partial charge in [0.05, 0.1) is 0 Å². The number of benzene rings is 3. The van der Waals surface area contributed by atoms with E-state index in [1.54, 1.807) is 0 Å². The summed E-state index contributed by atoms with van der Waals surface area (Å²) in [4.78, 5) is 17.2. The van der Waals surface area contributed by atoms with Gasteiger partial charge in [0, 0.05) is 16.8 Å². The lowest BCUT2D eigenvalue weighted by molar-refractivity contribution is 0.102. The molecule has 0 unspecified atom stereocenters. The molecule has 0 bridgehead atoms. The smallest absolute Gasteiger partial charge is 0.255 e. The quantitative estimate of drug-likeness (QED) is 0.482. The van der Waals surface area contributed by atoms with Crippen LogP contribution in [0, 0.1) is 27.7 Å². The van der Waals surface area contributed by atoms with E-state index in [1.807, 2.05) is 76.2 Å². The number of rotatable bonds is 3. The highest BCUT2D eigenvalue weighted by atomic mass is 16.3. The highest BCUT2D eigenvalue weighted by Crippen LogP contribution is 2.28. The predicted octanol–water partition coefficient (Wildman–Crippen LogP) is 5.98. The molecule has 28 heavy (non-hydrogen) atoms. The summed E-state index contributed by atoms with van der Waals surface area (Å²) < 4.78 is 5.96. The van der Waals surface area contributed by atoms with Crippen LogP contribution in [0.2, 0.25) is 0 Å². The van der Waals surface area contributed by atoms with E-state index in [0.29, 0.717) is 11.5 Å². The number of amides is 1. The van der Waals surface area contributed by atoms with Crippen LogP contribution in [0.1, 0.15) is 32.6 Å². The molecule has 0 radical (unpaired) electrons. The fourth-order valence-electron chi connectivity index (χ4n) is 3.46. The molecule has 4 nitrogen and oxygen atoms in total. The first-order valence-electron chi connectivity index (χ1n) is 9.27. The van der Waals surface area contributed by atoms with Gasteiger partial charge in [0.25, 0.3) is 5.91 Å². The zero-order valence-electron chi connectivity index (χ0n) is 16.5. The zero-order chi connectivity index (χ0) is 19.8. The SMILES string of the molecule is Cc1ccc(C(=O)Nc2ccc(-c3nc4cc(C)cc(C)c4o3)cc2)c(C)c1. The Morgan fingerprint density at radius 2 is 1.57 bits per heavy atom. The third-order valence-electron chi connectivity index (χ3n) is 4.84. The number of oxazole rings is 1. The maximum atomic E-state index is 12.5. The van der Waals surface area contributed by atoms with Gasteiger partial charge in [0.2, 0.25) is 5.89 Å². The van der Waals surface area contributed by atoms with Crippen molar-refractivity contribution in [2.24, 2.45) is 0 Å². The highest BCUT2D eigenvalue weighted by Gasteiger charge is 2.12. The Hall–Kier alpha value is -3.40. The Kier molecular flexibility index (Phi) is 4.47. The molecule has 0 saturated heterocycles. The summed E-state index contributed by atoms with van der Waals surface area (Å²) in [5.74, 6) is 0.467. The molecule has 1 N–H and O–H groups in total. The first kappa shape index (κ1) is 18.0. The average molecular weight is 370 g/mol. The molecule has 0 fully saturated rings. The topological polar surface area (TPSA) is 55.1 Å². The number of hydrogen-bond donors (Lipinski definition) is 1. The Balaban J connectivity index is 1.57. The summed E-state index contributed by atoms with van der Waals surface area (Å²) in [6, 6.07) is 17.5. The third kappa shape index (κ3) is 3.41. The molecule has 0 spiro atoms. The number of aromatic nitrogens is 1. The molecule has 3 aromatic carbocycles. The van der Waals surface area contributed by atoms with Crippen LogP contribution in [0.4, 0.5) is 5.69 Å². The molecule has 0 saturated carbocycles. The average Bonchev–Trinajstić information content (AvgIpc) is 3.06. The van der Waals surface area contributed by atoms with Crippen molar-refractivity contribution in [3.8, 4) is 11.5 Å². The van der Waals surface area contributed by atoms with Crippen molar-refractivity contribution >= 4 is 22.7 Å². The number of carbonyl (C=O) groups excluding carboxylic acids is 1. The van der Waals surface area contributed by atoms with Crippen molar-refractivity contribution in [3.05, 3.63) is 82.4 Å². The van der Waals surface area contributed by atoms with Crippen molar-refractivity contribution in [1.29, 1.82) is 0 Å². The number of nitrogens with zero attached hydrogens (tertiary/aromatic N) is 1. The minimum absolute atomic E-state index is 0.113. The van der Waals surface area contributed by atoms with Gasteiger partial charge >= 0.3 is 0 Å². The maximum Gasteiger partial charge on any atom is 0.255 e. The van der Waals surface area contributed by atoms with E-state index in [4.69, 9.17) is 4.42 Å². The Morgan fingerprint density at radius 3 is 2.29 bits per heavy atom. The lowest BCUT2D eigenvalue weighted by Gasteiger charge is -2.08. The molecular weight excluding hydrogens is 348 g/mol. The molecule has 0 atom stereocenters. The van der Waals surface area contributed by atoms with E-state index in [1.165, 1.54) is 0 Å². The molecule has 1 aromatic heterocycles. The standard InChI is InChI=1S/C24H22N2O2/c1-14-5-10-20(16(3)11-14)23(27)25-19-8-6-18(7-9-19)24-26-21-13-15(2)12-17(4)22(21)28-24/h5-13H,1-4H3,(H,25,27). The monoisotopic (exact) mass is 370 g/mol. The van der Waals surface area contributed by atoms with Gasteiger partial charge in [0.15, 0.2) is 5.58 Å². The number of nitrogens with one attached hydrogen (secondary N) is 1. The molecule has 4 rings (SSSR count). The highest BCUT2D eigenvalue weighted by molar-refractivity contribution is 6.05. The van der Waals surface area contributed by atoms with Crippen LogP contribution >= 0.6 is 0 Å². The molecule has 0 aliphatic rings. The summed E-state index contributed by atoms with van der Waals surface area (Å²) >= 11 is 0. The Bertz CT molecular complexity index is 1190. The van der Waals surface area contributed by atoms with E-state index in [0.717, 1.165) is 44.6 Å². The molecule has 1 amide bonds. The van der Waals surface area contributed by atoms with Crippen LogP contribution in [0.5, 0.6) is 0 Å². The second-order valence-corrected chi connectivity index (χ2v) is 7.30. The van der Waals surface area contributed by atoms with Crippen LogP contribution in [0.3, 0.4) is 0 Å². The number of carbonyl (C=O) groups is 1. The molecule has 140 valence electrons. The van der Waals surface area contributed by atoms with Crippen molar-refractivity contribution in [3.63, 3.8) is 0 Å². The number of fused-ring (bicyclic) bond motifs is 1. The summed E-state index contributed by atoms with van der Waals surface area (Å²) in [5, 5.41) is 2.95.